The minimum absolute atomic E-state index is 0.0837. The zero-order valence-electron chi connectivity index (χ0n) is 23.3. The van der Waals surface area contributed by atoms with Gasteiger partial charge in [0.25, 0.3) is 0 Å². The Balaban J connectivity index is 1.54. The molecule has 3 heterocycles. The number of unbranched alkanes of at least 4 members (excludes halogenated alkanes) is 1. The molecule has 8 heteroatoms. The summed E-state index contributed by atoms with van der Waals surface area (Å²) in [5.74, 6) is -2.12. The maximum Gasteiger partial charge on any atom is 0.310 e. The highest BCUT2D eigenvalue weighted by Crippen LogP contribution is 2.67. The van der Waals surface area contributed by atoms with Crippen LogP contribution in [0, 0.1) is 11.8 Å². The molecule has 41 heavy (non-hydrogen) atoms. The van der Waals surface area contributed by atoms with Gasteiger partial charge in [-0.1, -0.05) is 72.8 Å². The molecular weight excluding hydrogens is 536 g/mol. The van der Waals surface area contributed by atoms with Crippen LogP contribution in [0.1, 0.15) is 42.9 Å². The van der Waals surface area contributed by atoms with Gasteiger partial charge >= 0.3 is 5.97 Å². The van der Waals surface area contributed by atoms with Crippen molar-refractivity contribution in [2.24, 2.45) is 11.8 Å². The Labute approximate surface area is 246 Å². The predicted molar refractivity (Wildman–Crippen MR) is 160 cm³/mol. The monoisotopic (exact) mass is 574 g/mol. The number of rotatable bonds is 13. The molecule has 0 saturated carbocycles. The number of ether oxygens (including phenoxy) is 1. The molecule has 0 aliphatic carbocycles. The third-order valence-electron chi connectivity index (χ3n) is 8.61. The van der Waals surface area contributed by atoms with E-state index in [1.807, 2.05) is 60.7 Å². The van der Waals surface area contributed by atoms with Crippen LogP contribution in [-0.4, -0.2) is 68.5 Å². The van der Waals surface area contributed by atoms with E-state index in [2.05, 4.69) is 13.2 Å². The lowest BCUT2D eigenvalue weighted by atomic mass is 9.71. The molecule has 3 aliphatic heterocycles. The van der Waals surface area contributed by atoms with Crippen molar-refractivity contribution in [2.75, 3.05) is 19.8 Å². The van der Waals surface area contributed by atoms with Gasteiger partial charge in [-0.2, -0.15) is 0 Å². The number of amides is 2. The summed E-state index contributed by atoms with van der Waals surface area (Å²) in [5.41, 5.74) is 1.72. The van der Waals surface area contributed by atoms with E-state index in [9.17, 15) is 19.5 Å². The van der Waals surface area contributed by atoms with Crippen molar-refractivity contribution in [3.63, 3.8) is 0 Å². The minimum Gasteiger partial charge on any atom is -0.465 e. The molecule has 0 aromatic heterocycles. The van der Waals surface area contributed by atoms with Crippen molar-refractivity contribution < 1.29 is 24.2 Å². The van der Waals surface area contributed by atoms with Crippen molar-refractivity contribution in [1.29, 1.82) is 0 Å². The van der Waals surface area contributed by atoms with Crippen LogP contribution < -0.4 is 0 Å². The highest BCUT2D eigenvalue weighted by atomic mass is 32.2. The minimum atomic E-state index is -0.838. The van der Waals surface area contributed by atoms with E-state index in [0.717, 1.165) is 24.0 Å². The van der Waals surface area contributed by atoms with E-state index in [4.69, 9.17) is 4.74 Å². The van der Waals surface area contributed by atoms with Gasteiger partial charge in [-0.15, -0.1) is 24.9 Å². The second kappa shape index (κ2) is 12.7. The van der Waals surface area contributed by atoms with Crippen LogP contribution in [-0.2, 0) is 25.7 Å². The van der Waals surface area contributed by atoms with Gasteiger partial charge in [-0.05, 0) is 36.8 Å². The zero-order chi connectivity index (χ0) is 29.0. The van der Waals surface area contributed by atoms with Crippen LogP contribution in [0.25, 0.3) is 0 Å². The van der Waals surface area contributed by atoms with Gasteiger partial charge in [0.2, 0.25) is 11.8 Å². The van der Waals surface area contributed by atoms with Gasteiger partial charge in [0.05, 0.1) is 35.8 Å². The highest BCUT2D eigenvalue weighted by molar-refractivity contribution is 8.02. The number of aliphatic hydroxyl groups is 1. The van der Waals surface area contributed by atoms with E-state index >= 15 is 0 Å². The number of carbonyl (C=O) groups excluding carboxylic acids is 3. The van der Waals surface area contributed by atoms with Gasteiger partial charge in [0.15, 0.2) is 0 Å². The molecule has 2 bridgehead atoms. The largest absolute Gasteiger partial charge is 0.465 e. The summed E-state index contributed by atoms with van der Waals surface area (Å²) >= 11 is 1.60. The summed E-state index contributed by atoms with van der Waals surface area (Å²) in [5, 5.41) is 10.6. The fourth-order valence-electron chi connectivity index (χ4n) is 6.87. The van der Waals surface area contributed by atoms with Crippen LogP contribution in [0.4, 0.5) is 0 Å². The molecule has 2 unspecified atom stereocenters. The molecule has 1 spiro atoms. The molecule has 216 valence electrons. The molecule has 0 radical (unpaired) electrons. The summed E-state index contributed by atoms with van der Waals surface area (Å²) < 4.78 is 4.90. The number of allylic oxidation sites excluding steroid dienone is 1. The molecule has 3 saturated heterocycles. The summed E-state index contributed by atoms with van der Waals surface area (Å²) in [6, 6.07) is 17.5. The first kappa shape index (κ1) is 29.1. The van der Waals surface area contributed by atoms with Crippen molar-refractivity contribution >= 4 is 29.5 Å². The Morgan fingerprint density at radius 3 is 2.49 bits per heavy atom. The van der Waals surface area contributed by atoms with E-state index in [0.29, 0.717) is 25.9 Å². The number of likely N-dealkylation sites (tertiary alicyclic amines) is 1. The molecule has 2 amide bonds. The van der Waals surface area contributed by atoms with Gasteiger partial charge in [0, 0.05) is 18.3 Å². The van der Waals surface area contributed by atoms with Gasteiger partial charge in [-0.3, -0.25) is 14.4 Å². The van der Waals surface area contributed by atoms with Crippen LogP contribution >= 0.6 is 11.8 Å². The summed E-state index contributed by atoms with van der Waals surface area (Å²) in [4.78, 5) is 45.9. The van der Waals surface area contributed by atoms with E-state index in [1.165, 1.54) is 0 Å². The molecule has 7 nitrogen and oxygen atoms in total. The Morgan fingerprint density at radius 2 is 1.83 bits per heavy atom. The van der Waals surface area contributed by atoms with Crippen LogP contribution in [0.15, 0.2) is 86.0 Å². The Bertz CT molecular complexity index is 1270. The van der Waals surface area contributed by atoms with Gasteiger partial charge in [0.1, 0.15) is 6.04 Å². The van der Waals surface area contributed by atoms with Crippen molar-refractivity contribution in [3.8, 4) is 0 Å². The number of fused-ring (bicyclic) bond motifs is 1. The topological polar surface area (TPSA) is 87.1 Å². The second-order valence-electron chi connectivity index (χ2n) is 11.0. The summed E-state index contributed by atoms with van der Waals surface area (Å²) in [7, 11) is 0. The number of hydrogen-bond donors (Lipinski definition) is 1. The standard InChI is InChI=1S/C33H38N2O5S/c1-3-5-12-20-40-32(39)27-26-17-18-33(41-26)28(27)30(37)35(25(22-36)24-15-10-7-11-16-24)29(33)31(38)34(19-4-2)21-23-13-8-6-9-14-23/h3-4,6-11,13-16,25-29,36H,1-2,5,12,17-22H2/t25-,26-,27+,28+,29?,33?/m1/s1. The Kier molecular flexibility index (Phi) is 9.00. The first-order valence-corrected chi connectivity index (χ1v) is 15.2. The lowest BCUT2D eigenvalue weighted by Crippen LogP contribution is -2.55. The average Bonchev–Trinajstić information content (AvgIpc) is 3.64. The number of thioether (sulfide) groups is 1. The van der Waals surface area contributed by atoms with Crippen LogP contribution in [0.3, 0.4) is 0 Å². The molecule has 1 N–H and O–H groups in total. The van der Waals surface area contributed by atoms with E-state index in [-0.39, 0.29) is 36.2 Å². The number of hydrogen-bond acceptors (Lipinski definition) is 6. The molecular formula is C33H38N2O5S. The van der Waals surface area contributed by atoms with Crippen molar-refractivity contribution in [3.05, 3.63) is 97.1 Å². The van der Waals surface area contributed by atoms with Crippen molar-refractivity contribution in [2.45, 2.75) is 54.3 Å². The molecule has 2 aromatic rings. The highest BCUT2D eigenvalue weighted by Gasteiger charge is 2.74. The van der Waals surface area contributed by atoms with Gasteiger partial charge < -0.3 is 19.6 Å². The normalized spacial score (nSPS) is 26.9. The quantitative estimate of drug-likeness (QED) is 0.215. The number of benzene rings is 2. The number of aliphatic hydroxyl groups excluding tert-OH is 1. The predicted octanol–water partition coefficient (Wildman–Crippen LogP) is 4.54. The summed E-state index contributed by atoms with van der Waals surface area (Å²) in [6.07, 6.45) is 6.27. The maximum atomic E-state index is 14.7. The molecule has 5 rings (SSSR count). The van der Waals surface area contributed by atoms with Gasteiger partial charge in [-0.25, -0.2) is 0 Å². The fourth-order valence-corrected chi connectivity index (χ4v) is 9.05. The zero-order valence-corrected chi connectivity index (χ0v) is 24.1. The first-order valence-electron chi connectivity index (χ1n) is 14.3. The van der Waals surface area contributed by atoms with Crippen molar-refractivity contribution in [1.82, 2.24) is 9.80 Å². The third-order valence-corrected chi connectivity index (χ3v) is 10.6. The Morgan fingerprint density at radius 1 is 1.12 bits per heavy atom. The number of esters is 1. The lowest BCUT2D eigenvalue weighted by molar-refractivity contribution is -0.154. The molecule has 3 fully saturated rings. The maximum absolute atomic E-state index is 14.7. The summed E-state index contributed by atoms with van der Waals surface area (Å²) in [6.45, 7) is 8.21. The molecule has 2 aromatic carbocycles. The van der Waals surface area contributed by atoms with E-state index in [1.54, 1.807) is 33.7 Å². The average molecular weight is 575 g/mol. The number of carbonyl (C=O) groups is 3. The lowest BCUT2D eigenvalue weighted by Gasteiger charge is -2.39. The van der Waals surface area contributed by atoms with E-state index < -0.39 is 28.7 Å². The van der Waals surface area contributed by atoms with Crippen LogP contribution in [0.2, 0.25) is 0 Å². The smallest absolute Gasteiger partial charge is 0.310 e. The molecule has 6 atom stereocenters. The Hall–Kier alpha value is -3.36. The SMILES string of the molecule is C=CCCCOC(=O)[C@@H]1[C@H]2C(=O)N([C@H](CO)c3ccccc3)C(C(=O)N(CC=C)Cc3ccccc3)C23CC[C@H]1S3. The second-order valence-corrected chi connectivity index (χ2v) is 12.6. The number of nitrogens with zero attached hydrogens (tertiary/aromatic N) is 2. The fraction of sp³-hybridized carbons (Fsp3) is 0.424. The van der Waals surface area contributed by atoms with Crippen LogP contribution in [0.5, 0.6) is 0 Å². The molecule has 3 aliphatic rings. The first-order chi connectivity index (χ1) is 20.0. The third kappa shape index (κ3) is 5.35.